The van der Waals surface area contributed by atoms with Crippen LogP contribution in [-0.2, 0) is 6.54 Å². The van der Waals surface area contributed by atoms with Crippen LogP contribution in [0.2, 0.25) is 0 Å². The monoisotopic (exact) mass is 310 g/mol. The molecule has 0 bridgehead atoms. The summed E-state index contributed by atoms with van der Waals surface area (Å²) in [5.74, 6) is 0. The van der Waals surface area contributed by atoms with Crippen molar-refractivity contribution in [3.05, 3.63) is 34.3 Å². The van der Waals surface area contributed by atoms with Crippen molar-refractivity contribution in [2.24, 2.45) is 0 Å². The first-order valence-electron chi connectivity index (χ1n) is 6.98. The van der Waals surface area contributed by atoms with Crippen molar-refractivity contribution in [1.82, 2.24) is 10.2 Å². The lowest BCUT2D eigenvalue weighted by Gasteiger charge is -2.18. The predicted octanol–water partition coefficient (Wildman–Crippen LogP) is 3.41. The molecule has 0 amide bonds. The van der Waals surface area contributed by atoms with E-state index in [1.165, 1.54) is 44.5 Å². The zero-order valence-corrected chi connectivity index (χ0v) is 12.7. The lowest BCUT2D eigenvalue weighted by atomic mass is 10.1. The van der Waals surface area contributed by atoms with Crippen LogP contribution >= 0.6 is 15.9 Å². The maximum absolute atomic E-state index is 3.70. The highest BCUT2D eigenvalue weighted by atomic mass is 79.9. The smallest absolute Gasteiger partial charge is 0.0208 e. The molecular weight excluding hydrogens is 288 g/mol. The largest absolute Gasteiger partial charge is 0.310 e. The van der Waals surface area contributed by atoms with Gasteiger partial charge in [0, 0.05) is 17.1 Å². The molecule has 1 saturated heterocycles. The van der Waals surface area contributed by atoms with Gasteiger partial charge >= 0.3 is 0 Å². The van der Waals surface area contributed by atoms with Gasteiger partial charge in [-0.3, -0.25) is 0 Å². The van der Waals surface area contributed by atoms with Crippen LogP contribution in [0.5, 0.6) is 0 Å². The van der Waals surface area contributed by atoms with Gasteiger partial charge < -0.3 is 10.2 Å². The van der Waals surface area contributed by atoms with E-state index in [2.05, 4.69) is 57.3 Å². The van der Waals surface area contributed by atoms with E-state index in [0.29, 0.717) is 6.04 Å². The molecule has 2 nitrogen and oxygen atoms in total. The van der Waals surface area contributed by atoms with Gasteiger partial charge in [0.25, 0.3) is 0 Å². The molecular formula is C15H23BrN2. The molecule has 1 aliphatic heterocycles. The minimum absolute atomic E-state index is 0.685. The Morgan fingerprint density at radius 1 is 1.22 bits per heavy atom. The molecule has 1 atom stereocenters. The van der Waals surface area contributed by atoms with E-state index in [4.69, 9.17) is 0 Å². The number of nitrogens with zero attached hydrogens (tertiary/aromatic N) is 1. The Balaban J connectivity index is 1.77. The molecule has 1 heterocycles. The van der Waals surface area contributed by atoms with Gasteiger partial charge in [0.05, 0.1) is 0 Å². The normalized spacial score (nSPS) is 21.8. The molecule has 1 aromatic carbocycles. The molecule has 0 aromatic heterocycles. The molecule has 1 aliphatic rings. The van der Waals surface area contributed by atoms with Crippen molar-refractivity contribution in [2.45, 2.75) is 38.8 Å². The lowest BCUT2D eigenvalue weighted by Crippen LogP contribution is -2.30. The van der Waals surface area contributed by atoms with E-state index in [9.17, 15) is 0 Å². The summed E-state index contributed by atoms with van der Waals surface area (Å²) in [5.41, 5.74) is 1.37. The van der Waals surface area contributed by atoms with E-state index < -0.39 is 0 Å². The second-order valence-corrected chi connectivity index (χ2v) is 5.99. The van der Waals surface area contributed by atoms with Crippen LogP contribution < -0.4 is 5.32 Å². The first-order valence-corrected chi connectivity index (χ1v) is 7.77. The highest BCUT2D eigenvalue weighted by Gasteiger charge is 2.15. The molecule has 100 valence electrons. The van der Waals surface area contributed by atoms with E-state index in [1.54, 1.807) is 0 Å². The van der Waals surface area contributed by atoms with Crippen molar-refractivity contribution in [3.63, 3.8) is 0 Å². The molecule has 2 rings (SSSR count). The van der Waals surface area contributed by atoms with E-state index in [1.807, 2.05) is 0 Å². The minimum atomic E-state index is 0.685. The number of likely N-dealkylation sites (tertiary alicyclic amines) is 1. The van der Waals surface area contributed by atoms with Crippen molar-refractivity contribution in [2.75, 3.05) is 19.6 Å². The quantitative estimate of drug-likeness (QED) is 0.917. The van der Waals surface area contributed by atoms with Crippen LogP contribution in [-0.4, -0.2) is 30.6 Å². The number of hydrogen-bond donors (Lipinski definition) is 1. The summed E-state index contributed by atoms with van der Waals surface area (Å²) >= 11 is 3.47. The van der Waals surface area contributed by atoms with Crippen LogP contribution in [0.15, 0.2) is 28.7 Å². The maximum atomic E-state index is 3.70. The zero-order chi connectivity index (χ0) is 12.8. The first kappa shape index (κ1) is 14.0. The Labute approximate surface area is 119 Å². The number of nitrogens with one attached hydrogen (secondary N) is 1. The van der Waals surface area contributed by atoms with Gasteiger partial charge in [-0.15, -0.1) is 0 Å². The Morgan fingerprint density at radius 2 is 2.00 bits per heavy atom. The standard InChI is InChI=1S/C15H23BrN2/c1-2-18-10-3-4-15(9-11-18)17-12-13-5-7-14(16)8-6-13/h5-8,15,17H,2-4,9-12H2,1H3. The van der Waals surface area contributed by atoms with Gasteiger partial charge in [-0.2, -0.15) is 0 Å². The lowest BCUT2D eigenvalue weighted by molar-refractivity contribution is 0.297. The summed E-state index contributed by atoms with van der Waals surface area (Å²) in [6.07, 6.45) is 3.92. The highest BCUT2D eigenvalue weighted by molar-refractivity contribution is 9.10. The number of rotatable bonds is 4. The second kappa shape index (κ2) is 7.27. The van der Waals surface area contributed by atoms with Crippen molar-refractivity contribution >= 4 is 15.9 Å². The Kier molecular flexibility index (Phi) is 5.67. The van der Waals surface area contributed by atoms with Gasteiger partial charge in [-0.1, -0.05) is 35.0 Å². The summed E-state index contributed by atoms with van der Waals surface area (Å²) in [5, 5.41) is 3.70. The SMILES string of the molecule is CCN1CCCC(NCc2ccc(Br)cc2)CC1. The highest BCUT2D eigenvalue weighted by Crippen LogP contribution is 2.13. The Morgan fingerprint density at radius 3 is 2.72 bits per heavy atom. The molecule has 1 N–H and O–H groups in total. The number of hydrogen-bond acceptors (Lipinski definition) is 2. The van der Waals surface area contributed by atoms with Gasteiger partial charge in [0.1, 0.15) is 0 Å². The average molecular weight is 311 g/mol. The first-order chi connectivity index (χ1) is 8.78. The summed E-state index contributed by atoms with van der Waals surface area (Å²) in [7, 11) is 0. The molecule has 3 heteroatoms. The Hall–Kier alpha value is -0.380. The fourth-order valence-electron chi connectivity index (χ4n) is 2.54. The molecule has 0 saturated carbocycles. The summed E-state index contributed by atoms with van der Waals surface area (Å²) in [4.78, 5) is 2.56. The van der Waals surface area contributed by atoms with Gasteiger partial charge in [0.2, 0.25) is 0 Å². The third-order valence-electron chi connectivity index (χ3n) is 3.78. The zero-order valence-electron chi connectivity index (χ0n) is 11.2. The van der Waals surface area contributed by atoms with E-state index >= 15 is 0 Å². The van der Waals surface area contributed by atoms with Crippen molar-refractivity contribution < 1.29 is 0 Å². The molecule has 0 spiro atoms. The number of benzene rings is 1. The second-order valence-electron chi connectivity index (χ2n) is 5.07. The third-order valence-corrected chi connectivity index (χ3v) is 4.30. The maximum Gasteiger partial charge on any atom is 0.0208 e. The van der Waals surface area contributed by atoms with Gasteiger partial charge in [-0.05, 0) is 56.6 Å². The molecule has 1 unspecified atom stereocenters. The topological polar surface area (TPSA) is 15.3 Å². The number of halogens is 1. The molecule has 18 heavy (non-hydrogen) atoms. The van der Waals surface area contributed by atoms with Gasteiger partial charge in [0.15, 0.2) is 0 Å². The van der Waals surface area contributed by atoms with Crippen LogP contribution in [0, 0.1) is 0 Å². The van der Waals surface area contributed by atoms with Crippen LogP contribution in [0.1, 0.15) is 31.7 Å². The van der Waals surface area contributed by atoms with Crippen LogP contribution in [0.25, 0.3) is 0 Å². The predicted molar refractivity (Wildman–Crippen MR) is 80.7 cm³/mol. The molecule has 1 aromatic rings. The minimum Gasteiger partial charge on any atom is -0.310 e. The third kappa shape index (κ3) is 4.38. The van der Waals surface area contributed by atoms with Crippen molar-refractivity contribution in [3.8, 4) is 0 Å². The molecule has 0 aliphatic carbocycles. The van der Waals surface area contributed by atoms with Gasteiger partial charge in [-0.25, -0.2) is 0 Å². The fourth-order valence-corrected chi connectivity index (χ4v) is 2.80. The summed E-state index contributed by atoms with van der Waals surface area (Å²) in [6, 6.07) is 9.29. The van der Waals surface area contributed by atoms with E-state index in [0.717, 1.165) is 11.0 Å². The summed E-state index contributed by atoms with van der Waals surface area (Å²) < 4.78 is 1.15. The fraction of sp³-hybridized carbons (Fsp3) is 0.600. The van der Waals surface area contributed by atoms with E-state index in [-0.39, 0.29) is 0 Å². The van der Waals surface area contributed by atoms with Crippen LogP contribution in [0.3, 0.4) is 0 Å². The molecule has 0 radical (unpaired) electrons. The Bertz CT molecular complexity index is 350. The average Bonchev–Trinajstić information content (AvgIpc) is 2.63. The van der Waals surface area contributed by atoms with Crippen LogP contribution in [0.4, 0.5) is 0 Å². The summed E-state index contributed by atoms with van der Waals surface area (Å²) in [6.45, 7) is 6.96. The van der Waals surface area contributed by atoms with Crippen molar-refractivity contribution in [1.29, 1.82) is 0 Å². The molecule has 1 fully saturated rings.